The van der Waals surface area contributed by atoms with Crippen LogP contribution < -0.4 is 10.6 Å². The fourth-order valence-electron chi connectivity index (χ4n) is 7.16. The van der Waals surface area contributed by atoms with Crippen LogP contribution in [-0.4, -0.2) is 96.1 Å². The number of alkyl halides is 3. The summed E-state index contributed by atoms with van der Waals surface area (Å²) < 4.78 is 38.2. The molecule has 0 aromatic heterocycles. The molecule has 4 rings (SSSR count). The first-order chi connectivity index (χ1) is 20.8. The van der Waals surface area contributed by atoms with Crippen LogP contribution in [0.4, 0.5) is 18.0 Å². The van der Waals surface area contributed by atoms with E-state index in [9.17, 15) is 27.6 Å². The van der Waals surface area contributed by atoms with Gasteiger partial charge >= 0.3 is 18.1 Å². The normalized spacial score (nSPS) is 25.7. The van der Waals surface area contributed by atoms with Crippen molar-refractivity contribution >= 4 is 29.4 Å². The first-order valence-corrected chi connectivity index (χ1v) is 16.4. The second-order valence-corrected chi connectivity index (χ2v) is 13.5. The lowest BCUT2D eigenvalue weighted by molar-refractivity contribution is -0.174. The molecule has 3 aliphatic rings. The minimum Gasteiger partial charge on any atom is -0.346 e. The van der Waals surface area contributed by atoms with Gasteiger partial charge in [-0.3, -0.25) is 9.59 Å². The van der Waals surface area contributed by atoms with Crippen LogP contribution in [0.1, 0.15) is 76.7 Å². The highest BCUT2D eigenvalue weighted by Gasteiger charge is 2.42. The minimum absolute atomic E-state index is 0.0131. The number of nitrogens with one attached hydrogen (secondary N) is 2. The fourth-order valence-corrected chi connectivity index (χ4v) is 7.28. The zero-order valence-electron chi connectivity index (χ0n) is 26.0. The molecule has 246 valence electrons. The maximum atomic E-state index is 14.1. The van der Waals surface area contributed by atoms with E-state index < -0.39 is 24.2 Å². The van der Waals surface area contributed by atoms with E-state index in [0.29, 0.717) is 56.6 Å². The van der Waals surface area contributed by atoms with Crippen LogP contribution >= 0.6 is 11.6 Å². The van der Waals surface area contributed by atoms with Crippen molar-refractivity contribution in [2.45, 2.75) is 114 Å². The highest BCUT2D eigenvalue weighted by molar-refractivity contribution is 6.30. The molecule has 1 heterocycles. The number of piperidine rings is 1. The molecule has 0 spiro atoms. The lowest BCUT2D eigenvalue weighted by Crippen LogP contribution is -2.60. The molecule has 3 fully saturated rings. The van der Waals surface area contributed by atoms with Gasteiger partial charge < -0.3 is 25.3 Å². The molecule has 12 heteroatoms. The number of carbonyl (C=O) groups excluding carboxylic acids is 3. The lowest BCUT2D eigenvalue weighted by Gasteiger charge is -2.48. The molecule has 2 N–H and O–H groups in total. The van der Waals surface area contributed by atoms with Crippen molar-refractivity contribution < 1.29 is 27.6 Å². The molecule has 1 aliphatic heterocycles. The predicted octanol–water partition coefficient (Wildman–Crippen LogP) is 5.38. The van der Waals surface area contributed by atoms with Crippen molar-refractivity contribution in [3.05, 3.63) is 34.9 Å². The van der Waals surface area contributed by atoms with Gasteiger partial charge in [0.2, 0.25) is 5.91 Å². The fraction of sp³-hybridized carbons (Fsp3) is 0.719. The quantitative estimate of drug-likeness (QED) is 0.399. The van der Waals surface area contributed by atoms with E-state index >= 15 is 0 Å². The molecule has 1 saturated heterocycles. The van der Waals surface area contributed by atoms with Crippen LogP contribution in [0.5, 0.6) is 0 Å². The molecule has 3 atom stereocenters. The third-order valence-electron chi connectivity index (χ3n) is 9.51. The maximum absolute atomic E-state index is 14.1. The van der Waals surface area contributed by atoms with Crippen LogP contribution in [0, 0.1) is 5.92 Å². The third kappa shape index (κ3) is 9.02. The molecule has 1 aromatic carbocycles. The summed E-state index contributed by atoms with van der Waals surface area (Å²) in [4.78, 5) is 44.5. The monoisotopic (exact) mass is 641 g/mol. The van der Waals surface area contributed by atoms with Crippen molar-refractivity contribution in [2.75, 3.05) is 27.2 Å². The zero-order chi connectivity index (χ0) is 32.0. The average Bonchev–Trinajstić information content (AvgIpc) is 2.99. The minimum atomic E-state index is -4.90. The van der Waals surface area contributed by atoms with Gasteiger partial charge in [-0.05, 0) is 75.0 Å². The largest absolute Gasteiger partial charge is 0.471 e. The summed E-state index contributed by atoms with van der Waals surface area (Å²) in [6.45, 7) is 3.22. The average molecular weight is 642 g/mol. The summed E-state index contributed by atoms with van der Waals surface area (Å²) in [5, 5.41) is 6.23. The van der Waals surface area contributed by atoms with Crippen molar-refractivity contribution in [3.63, 3.8) is 0 Å². The van der Waals surface area contributed by atoms with Crippen molar-refractivity contribution in [2.24, 2.45) is 5.92 Å². The van der Waals surface area contributed by atoms with E-state index in [1.54, 1.807) is 31.1 Å². The number of rotatable bonds is 8. The summed E-state index contributed by atoms with van der Waals surface area (Å²) in [5.41, 5.74) is 0.953. The van der Waals surface area contributed by atoms with E-state index in [4.69, 9.17) is 11.6 Å². The Morgan fingerprint density at radius 3 is 2.14 bits per heavy atom. The predicted molar refractivity (Wildman–Crippen MR) is 164 cm³/mol. The number of amides is 4. The van der Waals surface area contributed by atoms with Gasteiger partial charge in [0.25, 0.3) is 0 Å². The number of hydrogen-bond acceptors (Lipinski definition) is 4. The van der Waals surface area contributed by atoms with Crippen molar-refractivity contribution in [1.82, 2.24) is 25.3 Å². The molecular weight excluding hydrogens is 595 g/mol. The number of halogens is 4. The Balaban J connectivity index is 1.43. The zero-order valence-corrected chi connectivity index (χ0v) is 26.8. The summed E-state index contributed by atoms with van der Waals surface area (Å²) in [5.74, 6) is -1.82. The molecule has 0 bridgehead atoms. The van der Waals surface area contributed by atoms with Gasteiger partial charge in [0, 0.05) is 56.4 Å². The molecule has 8 nitrogen and oxygen atoms in total. The Labute approximate surface area is 264 Å². The van der Waals surface area contributed by atoms with Crippen LogP contribution in [0.15, 0.2) is 24.3 Å². The van der Waals surface area contributed by atoms with Crippen LogP contribution in [0.2, 0.25) is 5.02 Å². The van der Waals surface area contributed by atoms with Gasteiger partial charge in [-0.25, -0.2) is 4.79 Å². The topological polar surface area (TPSA) is 85.0 Å². The summed E-state index contributed by atoms with van der Waals surface area (Å²) in [6.07, 6.45) is 3.65. The lowest BCUT2D eigenvalue weighted by atomic mass is 9.87. The van der Waals surface area contributed by atoms with Gasteiger partial charge in [0.1, 0.15) is 0 Å². The second-order valence-electron chi connectivity index (χ2n) is 13.1. The first kappa shape index (κ1) is 34.3. The Morgan fingerprint density at radius 1 is 0.955 bits per heavy atom. The summed E-state index contributed by atoms with van der Waals surface area (Å²) >= 11 is 6.10. The van der Waals surface area contributed by atoms with E-state index in [-0.39, 0.29) is 36.0 Å². The molecule has 2 aliphatic carbocycles. The van der Waals surface area contributed by atoms with E-state index in [2.05, 4.69) is 22.5 Å². The number of nitrogens with zero attached hydrogens (tertiary/aromatic N) is 3. The van der Waals surface area contributed by atoms with Gasteiger partial charge in [-0.15, -0.1) is 0 Å². The third-order valence-corrected chi connectivity index (χ3v) is 9.76. The van der Waals surface area contributed by atoms with Gasteiger partial charge in [0.05, 0.1) is 6.04 Å². The number of hydrogen-bond donors (Lipinski definition) is 2. The highest BCUT2D eigenvalue weighted by Crippen LogP contribution is 2.32. The Morgan fingerprint density at radius 2 is 1.57 bits per heavy atom. The van der Waals surface area contributed by atoms with E-state index in [1.165, 1.54) is 6.42 Å². The summed E-state index contributed by atoms with van der Waals surface area (Å²) in [6, 6.07) is 6.58. The maximum Gasteiger partial charge on any atom is 0.471 e. The van der Waals surface area contributed by atoms with E-state index in [1.807, 2.05) is 17.0 Å². The molecule has 2 saturated carbocycles. The molecular formula is C32H47ClF3N5O3. The molecule has 1 aromatic rings. The van der Waals surface area contributed by atoms with Gasteiger partial charge in [0.15, 0.2) is 0 Å². The number of urea groups is 1. The summed E-state index contributed by atoms with van der Waals surface area (Å²) in [7, 11) is 3.60. The van der Waals surface area contributed by atoms with Gasteiger partial charge in [-0.1, -0.05) is 49.9 Å². The number of likely N-dealkylation sites (tertiary alicyclic amines) is 1. The molecule has 2 unspecified atom stereocenters. The second kappa shape index (κ2) is 15.2. The standard InChI is InChI=1S/C32H47ClF3N5O3/c1-21-20-40(18-17-28(21)41(31(44)39(2)3)26-7-5-4-6-8-26)29(42)27(19-22-9-11-23(33)12-10-22)37-24-13-15-25(16-14-24)38-30(43)32(34,35)36/h9-12,21,24-28,37H,4-8,13-20H2,1-3H3,(H,38,43)/t21?,24?,25?,27-,28?/m1/s1. The Bertz CT molecular complexity index is 1120. The molecule has 4 amide bonds. The van der Waals surface area contributed by atoms with Crippen LogP contribution in [0.25, 0.3) is 0 Å². The SMILES string of the molecule is CC1CN(C(=O)[C@@H](Cc2ccc(Cl)cc2)NC2CCC(NC(=O)C(F)(F)F)CC2)CCC1N(C(=O)N(C)C)C1CCCCC1. The number of carbonyl (C=O) groups is 3. The van der Waals surface area contributed by atoms with E-state index in [0.717, 1.165) is 31.2 Å². The highest BCUT2D eigenvalue weighted by atomic mass is 35.5. The molecule has 0 radical (unpaired) electrons. The first-order valence-electron chi connectivity index (χ1n) is 16.0. The smallest absolute Gasteiger partial charge is 0.346 e. The Kier molecular flexibility index (Phi) is 11.8. The van der Waals surface area contributed by atoms with Crippen molar-refractivity contribution in [3.8, 4) is 0 Å². The van der Waals surface area contributed by atoms with Crippen molar-refractivity contribution in [1.29, 1.82) is 0 Å². The number of benzene rings is 1. The Hall–Kier alpha value is -2.53. The van der Waals surface area contributed by atoms with Gasteiger partial charge in [-0.2, -0.15) is 13.2 Å². The molecule has 44 heavy (non-hydrogen) atoms. The van der Waals surface area contributed by atoms with Crippen LogP contribution in [0.3, 0.4) is 0 Å². The van der Waals surface area contributed by atoms with Crippen LogP contribution in [-0.2, 0) is 16.0 Å².